The van der Waals surface area contributed by atoms with Crippen molar-refractivity contribution in [2.75, 3.05) is 14.2 Å². The van der Waals surface area contributed by atoms with Gasteiger partial charge in [0.15, 0.2) is 0 Å². The van der Waals surface area contributed by atoms with Crippen molar-refractivity contribution in [3.63, 3.8) is 0 Å². The molecular formula is C14H21NO2. The second kappa shape index (κ2) is 6.15. The molecule has 0 aromatic heterocycles. The van der Waals surface area contributed by atoms with E-state index < -0.39 is 0 Å². The van der Waals surface area contributed by atoms with Crippen molar-refractivity contribution in [2.45, 2.75) is 37.6 Å². The zero-order chi connectivity index (χ0) is 12.1. The number of piperidine rings is 1. The molecule has 2 rings (SSSR count). The number of nitrogens with one attached hydrogen (secondary N) is 1. The lowest BCUT2D eigenvalue weighted by Gasteiger charge is -2.35. The zero-order valence-corrected chi connectivity index (χ0v) is 10.6. The Morgan fingerprint density at radius 1 is 1.12 bits per heavy atom. The Hall–Kier alpha value is -0.900. The van der Waals surface area contributed by atoms with Crippen molar-refractivity contribution in [2.24, 2.45) is 0 Å². The normalized spacial score (nSPS) is 29.2. The Morgan fingerprint density at radius 3 is 2.53 bits per heavy atom. The second-order valence-corrected chi connectivity index (χ2v) is 4.56. The maximum Gasteiger partial charge on any atom is 0.134 e. The van der Waals surface area contributed by atoms with Gasteiger partial charge in [0.25, 0.3) is 0 Å². The van der Waals surface area contributed by atoms with Crippen molar-refractivity contribution in [3.8, 4) is 0 Å². The van der Waals surface area contributed by atoms with E-state index in [-0.39, 0.29) is 12.3 Å². The van der Waals surface area contributed by atoms with Crippen LogP contribution in [0.25, 0.3) is 0 Å². The third-order valence-corrected chi connectivity index (χ3v) is 3.42. The molecule has 1 fully saturated rings. The molecule has 1 N–H and O–H groups in total. The van der Waals surface area contributed by atoms with Gasteiger partial charge in [-0.2, -0.15) is 0 Å². The molecule has 1 aliphatic heterocycles. The SMILES string of the molecule is COC1CCC(Cc2ccccc2)NC1OC. The van der Waals surface area contributed by atoms with Crippen LogP contribution in [0.2, 0.25) is 0 Å². The van der Waals surface area contributed by atoms with Crippen LogP contribution in [0.3, 0.4) is 0 Å². The minimum atomic E-state index is 0.0162. The highest BCUT2D eigenvalue weighted by atomic mass is 16.5. The average Bonchev–Trinajstić information content (AvgIpc) is 2.40. The topological polar surface area (TPSA) is 30.5 Å². The highest BCUT2D eigenvalue weighted by Gasteiger charge is 2.29. The molecule has 0 saturated carbocycles. The monoisotopic (exact) mass is 235 g/mol. The van der Waals surface area contributed by atoms with E-state index in [0.29, 0.717) is 6.04 Å². The maximum atomic E-state index is 5.43. The largest absolute Gasteiger partial charge is 0.377 e. The van der Waals surface area contributed by atoms with E-state index in [2.05, 4.69) is 35.6 Å². The molecule has 1 aliphatic rings. The molecule has 0 radical (unpaired) electrons. The van der Waals surface area contributed by atoms with Crippen LogP contribution in [-0.4, -0.2) is 32.6 Å². The molecule has 0 amide bonds. The van der Waals surface area contributed by atoms with Crippen LogP contribution in [-0.2, 0) is 15.9 Å². The Bertz CT molecular complexity index is 328. The van der Waals surface area contributed by atoms with Gasteiger partial charge in [-0.05, 0) is 24.8 Å². The van der Waals surface area contributed by atoms with Gasteiger partial charge >= 0.3 is 0 Å². The minimum absolute atomic E-state index is 0.0162. The molecule has 3 unspecified atom stereocenters. The van der Waals surface area contributed by atoms with Crippen LogP contribution in [0.15, 0.2) is 30.3 Å². The first-order valence-corrected chi connectivity index (χ1v) is 6.19. The molecule has 1 heterocycles. The summed E-state index contributed by atoms with van der Waals surface area (Å²) < 4.78 is 10.8. The molecule has 3 nitrogen and oxygen atoms in total. The summed E-state index contributed by atoms with van der Waals surface area (Å²) in [5.74, 6) is 0. The lowest BCUT2D eigenvalue weighted by atomic mass is 9.95. The van der Waals surface area contributed by atoms with Gasteiger partial charge < -0.3 is 9.47 Å². The lowest BCUT2D eigenvalue weighted by Crippen LogP contribution is -2.52. The number of benzene rings is 1. The van der Waals surface area contributed by atoms with Crippen LogP contribution in [0.1, 0.15) is 18.4 Å². The van der Waals surface area contributed by atoms with Crippen LogP contribution in [0, 0.1) is 0 Å². The molecule has 1 saturated heterocycles. The number of hydrogen-bond acceptors (Lipinski definition) is 3. The fourth-order valence-corrected chi connectivity index (χ4v) is 2.46. The van der Waals surface area contributed by atoms with Crippen LogP contribution in [0.4, 0.5) is 0 Å². The molecule has 1 aromatic carbocycles. The van der Waals surface area contributed by atoms with Crippen LogP contribution in [0.5, 0.6) is 0 Å². The van der Waals surface area contributed by atoms with Crippen molar-refractivity contribution in [3.05, 3.63) is 35.9 Å². The van der Waals surface area contributed by atoms with Gasteiger partial charge in [0, 0.05) is 20.3 Å². The maximum absolute atomic E-state index is 5.43. The van der Waals surface area contributed by atoms with Crippen LogP contribution >= 0.6 is 0 Å². The van der Waals surface area contributed by atoms with Crippen molar-refractivity contribution >= 4 is 0 Å². The Kier molecular flexibility index (Phi) is 4.54. The van der Waals surface area contributed by atoms with Crippen LogP contribution < -0.4 is 5.32 Å². The van der Waals surface area contributed by atoms with Gasteiger partial charge in [0.1, 0.15) is 6.23 Å². The first kappa shape index (κ1) is 12.6. The molecule has 17 heavy (non-hydrogen) atoms. The molecular weight excluding hydrogens is 214 g/mol. The van der Waals surface area contributed by atoms with Crippen molar-refractivity contribution < 1.29 is 9.47 Å². The van der Waals surface area contributed by atoms with Gasteiger partial charge in [-0.3, -0.25) is 5.32 Å². The molecule has 0 aliphatic carbocycles. The predicted molar refractivity (Wildman–Crippen MR) is 67.9 cm³/mol. The Labute approximate surface area is 103 Å². The number of rotatable bonds is 4. The van der Waals surface area contributed by atoms with Gasteiger partial charge in [0.05, 0.1) is 6.10 Å². The molecule has 1 aromatic rings. The van der Waals surface area contributed by atoms with E-state index in [9.17, 15) is 0 Å². The third kappa shape index (κ3) is 3.28. The Balaban J connectivity index is 1.91. The summed E-state index contributed by atoms with van der Waals surface area (Å²) in [4.78, 5) is 0. The molecule has 0 bridgehead atoms. The van der Waals surface area contributed by atoms with Crippen molar-refractivity contribution in [1.82, 2.24) is 5.32 Å². The summed E-state index contributed by atoms with van der Waals surface area (Å²) in [6.07, 6.45) is 3.43. The molecule has 3 heteroatoms. The molecule has 3 atom stereocenters. The van der Waals surface area contributed by atoms with Crippen molar-refractivity contribution in [1.29, 1.82) is 0 Å². The summed E-state index contributed by atoms with van der Waals surface area (Å²) in [5.41, 5.74) is 1.37. The van der Waals surface area contributed by atoms with E-state index in [1.165, 1.54) is 5.56 Å². The minimum Gasteiger partial charge on any atom is -0.377 e. The lowest BCUT2D eigenvalue weighted by molar-refractivity contribution is -0.0797. The van der Waals surface area contributed by atoms with Gasteiger partial charge in [-0.25, -0.2) is 0 Å². The summed E-state index contributed by atoms with van der Waals surface area (Å²) in [6.45, 7) is 0. The smallest absolute Gasteiger partial charge is 0.134 e. The van der Waals surface area contributed by atoms with E-state index in [1.807, 2.05) is 0 Å². The molecule has 94 valence electrons. The first-order chi connectivity index (χ1) is 8.33. The third-order valence-electron chi connectivity index (χ3n) is 3.42. The van der Waals surface area contributed by atoms with Gasteiger partial charge in [-0.1, -0.05) is 30.3 Å². The van der Waals surface area contributed by atoms with E-state index >= 15 is 0 Å². The fourth-order valence-electron chi connectivity index (χ4n) is 2.46. The summed E-state index contributed by atoms with van der Waals surface area (Å²) in [5, 5.41) is 3.51. The average molecular weight is 235 g/mol. The number of hydrogen-bond donors (Lipinski definition) is 1. The number of ether oxygens (including phenoxy) is 2. The first-order valence-electron chi connectivity index (χ1n) is 6.19. The standard InChI is InChI=1S/C14H21NO2/c1-16-13-9-8-12(15-14(13)17-2)10-11-6-4-3-5-7-11/h3-7,12-15H,8-10H2,1-2H3. The van der Waals surface area contributed by atoms with E-state index in [4.69, 9.17) is 9.47 Å². The molecule has 0 spiro atoms. The highest BCUT2D eigenvalue weighted by molar-refractivity contribution is 5.16. The zero-order valence-electron chi connectivity index (χ0n) is 10.6. The summed E-state index contributed by atoms with van der Waals surface area (Å²) >= 11 is 0. The number of methoxy groups -OCH3 is 2. The highest BCUT2D eigenvalue weighted by Crippen LogP contribution is 2.19. The fraction of sp³-hybridized carbons (Fsp3) is 0.571. The van der Waals surface area contributed by atoms with Gasteiger partial charge in [-0.15, -0.1) is 0 Å². The van der Waals surface area contributed by atoms with E-state index in [0.717, 1.165) is 19.3 Å². The predicted octanol–water partition coefficient (Wildman–Crippen LogP) is 1.97. The summed E-state index contributed by atoms with van der Waals surface area (Å²) in [7, 11) is 3.48. The summed E-state index contributed by atoms with van der Waals surface area (Å²) in [6, 6.07) is 11.1. The van der Waals surface area contributed by atoms with Gasteiger partial charge in [0.2, 0.25) is 0 Å². The van der Waals surface area contributed by atoms with E-state index in [1.54, 1.807) is 14.2 Å². The Morgan fingerprint density at radius 2 is 1.88 bits per heavy atom. The second-order valence-electron chi connectivity index (χ2n) is 4.56. The quantitative estimate of drug-likeness (QED) is 0.865.